The predicted molar refractivity (Wildman–Crippen MR) is 114 cm³/mol. The van der Waals surface area contributed by atoms with Crippen molar-refractivity contribution in [3.63, 3.8) is 0 Å². The maximum atomic E-state index is 13.0. The van der Waals surface area contributed by atoms with Crippen LogP contribution in [0.4, 0.5) is 5.69 Å². The molecule has 0 aliphatic carbocycles. The average molecular weight is 452 g/mol. The summed E-state index contributed by atoms with van der Waals surface area (Å²) in [6.45, 7) is 2.90. The standard InChI is InChI=1S/C23H18BrNO4/c1-14-6-8-15(9-7-14)22(26)16-4-2-3-5-17(16)23(27)25-19-13-21-20(12-18(19)24)28-10-11-29-21/h2-9,12-13H,10-11H2,1H3,(H,25,27). The quantitative estimate of drug-likeness (QED) is 0.566. The molecule has 1 N–H and O–H groups in total. The molecule has 4 rings (SSSR count). The molecule has 0 spiro atoms. The summed E-state index contributed by atoms with van der Waals surface area (Å²) in [6.07, 6.45) is 0. The maximum Gasteiger partial charge on any atom is 0.256 e. The average Bonchev–Trinajstić information content (AvgIpc) is 2.74. The van der Waals surface area contributed by atoms with Gasteiger partial charge in [-0.25, -0.2) is 0 Å². The Morgan fingerprint density at radius 2 is 1.52 bits per heavy atom. The SMILES string of the molecule is Cc1ccc(C(=O)c2ccccc2C(=O)Nc2cc3c(cc2Br)OCCO3)cc1. The highest BCUT2D eigenvalue weighted by Crippen LogP contribution is 2.38. The van der Waals surface area contributed by atoms with Gasteiger partial charge in [0.25, 0.3) is 5.91 Å². The number of amides is 1. The van der Waals surface area contributed by atoms with E-state index in [1.807, 2.05) is 19.1 Å². The number of carbonyl (C=O) groups excluding carboxylic acids is 2. The van der Waals surface area contributed by atoms with Crippen molar-refractivity contribution < 1.29 is 19.1 Å². The number of hydrogen-bond acceptors (Lipinski definition) is 4. The van der Waals surface area contributed by atoms with Crippen molar-refractivity contribution in [2.75, 3.05) is 18.5 Å². The van der Waals surface area contributed by atoms with E-state index in [1.165, 1.54) is 0 Å². The topological polar surface area (TPSA) is 64.6 Å². The minimum Gasteiger partial charge on any atom is -0.486 e. The second-order valence-electron chi connectivity index (χ2n) is 6.67. The third-order valence-electron chi connectivity index (χ3n) is 4.61. The van der Waals surface area contributed by atoms with Crippen LogP contribution in [-0.2, 0) is 0 Å². The second-order valence-corrected chi connectivity index (χ2v) is 7.52. The molecule has 0 atom stereocenters. The van der Waals surface area contributed by atoms with Crippen molar-refractivity contribution in [1.29, 1.82) is 0 Å². The van der Waals surface area contributed by atoms with Crippen LogP contribution in [0, 0.1) is 6.92 Å². The van der Waals surface area contributed by atoms with Crippen LogP contribution in [0.25, 0.3) is 0 Å². The number of aryl methyl sites for hydroxylation is 1. The van der Waals surface area contributed by atoms with Gasteiger partial charge in [-0.1, -0.05) is 48.0 Å². The Morgan fingerprint density at radius 1 is 0.897 bits per heavy atom. The highest BCUT2D eigenvalue weighted by Gasteiger charge is 2.20. The molecule has 3 aromatic rings. The summed E-state index contributed by atoms with van der Waals surface area (Å²) in [5.41, 5.74) is 2.80. The molecule has 0 fully saturated rings. The molecule has 5 nitrogen and oxygen atoms in total. The Labute approximate surface area is 176 Å². The van der Waals surface area contributed by atoms with Gasteiger partial charge in [0.15, 0.2) is 17.3 Å². The van der Waals surface area contributed by atoms with Gasteiger partial charge >= 0.3 is 0 Å². The lowest BCUT2D eigenvalue weighted by molar-refractivity contribution is 0.0996. The van der Waals surface area contributed by atoms with E-state index in [0.29, 0.717) is 51.6 Å². The van der Waals surface area contributed by atoms with Gasteiger partial charge in [0.2, 0.25) is 0 Å². The van der Waals surface area contributed by atoms with E-state index in [2.05, 4.69) is 21.2 Å². The molecule has 1 amide bonds. The van der Waals surface area contributed by atoms with Crippen molar-refractivity contribution in [1.82, 2.24) is 0 Å². The fraction of sp³-hybridized carbons (Fsp3) is 0.130. The molecule has 146 valence electrons. The Bertz CT molecular complexity index is 1090. The largest absolute Gasteiger partial charge is 0.486 e. The summed E-state index contributed by atoms with van der Waals surface area (Å²) in [7, 11) is 0. The zero-order chi connectivity index (χ0) is 20.4. The molecule has 1 aliphatic heterocycles. The van der Waals surface area contributed by atoms with Crippen molar-refractivity contribution in [2.24, 2.45) is 0 Å². The van der Waals surface area contributed by atoms with E-state index in [9.17, 15) is 9.59 Å². The van der Waals surface area contributed by atoms with Crippen LogP contribution in [-0.4, -0.2) is 24.9 Å². The Kier molecular flexibility index (Phi) is 5.36. The molecule has 0 bridgehead atoms. The first kappa shape index (κ1) is 19.2. The first-order valence-corrected chi connectivity index (χ1v) is 9.93. The van der Waals surface area contributed by atoms with Gasteiger partial charge in [0.05, 0.1) is 11.3 Å². The van der Waals surface area contributed by atoms with Crippen molar-refractivity contribution in [3.8, 4) is 11.5 Å². The normalized spacial score (nSPS) is 12.3. The van der Waals surface area contributed by atoms with Gasteiger partial charge in [0, 0.05) is 27.7 Å². The number of nitrogens with one attached hydrogen (secondary N) is 1. The number of halogens is 1. The zero-order valence-electron chi connectivity index (χ0n) is 15.7. The Morgan fingerprint density at radius 3 is 2.21 bits per heavy atom. The molecule has 3 aromatic carbocycles. The molecule has 6 heteroatoms. The predicted octanol–water partition coefficient (Wildman–Crippen LogP) is 5.01. The minimum atomic E-state index is -0.376. The number of carbonyl (C=O) groups is 2. The molecule has 0 saturated carbocycles. The number of anilines is 1. The van der Waals surface area contributed by atoms with Crippen molar-refractivity contribution in [3.05, 3.63) is 87.4 Å². The number of rotatable bonds is 4. The molecule has 1 heterocycles. The van der Waals surface area contributed by atoms with Crippen LogP contribution in [0.2, 0.25) is 0 Å². The second kappa shape index (κ2) is 8.09. The minimum absolute atomic E-state index is 0.197. The summed E-state index contributed by atoms with van der Waals surface area (Å²) in [6, 6.07) is 17.5. The lowest BCUT2D eigenvalue weighted by atomic mass is 9.97. The van der Waals surface area contributed by atoms with E-state index in [0.717, 1.165) is 5.56 Å². The fourth-order valence-corrected chi connectivity index (χ4v) is 3.51. The van der Waals surface area contributed by atoms with Gasteiger partial charge in [-0.3, -0.25) is 9.59 Å². The molecule has 0 saturated heterocycles. The van der Waals surface area contributed by atoms with E-state index < -0.39 is 0 Å². The smallest absolute Gasteiger partial charge is 0.256 e. The number of ketones is 1. The molecular weight excluding hydrogens is 434 g/mol. The number of benzene rings is 3. The molecule has 0 aromatic heterocycles. The molecule has 0 unspecified atom stereocenters. The highest BCUT2D eigenvalue weighted by molar-refractivity contribution is 9.10. The van der Waals surface area contributed by atoms with Crippen molar-refractivity contribution >= 4 is 33.3 Å². The van der Waals surface area contributed by atoms with E-state index in [4.69, 9.17) is 9.47 Å². The third kappa shape index (κ3) is 4.03. The van der Waals surface area contributed by atoms with Gasteiger partial charge in [-0.05, 0) is 28.9 Å². The van der Waals surface area contributed by atoms with Crippen LogP contribution in [0.1, 0.15) is 31.8 Å². The van der Waals surface area contributed by atoms with Crippen LogP contribution < -0.4 is 14.8 Å². The van der Waals surface area contributed by atoms with Crippen LogP contribution in [0.3, 0.4) is 0 Å². The Balaban J connectivity index is 1.63. The van der Waals surface area contributed by atoms with Crippen LogP contribution in [0.15, 0.2) is 65.1 Å². The number of hydrogen-bond donors (Lipinski definition) is 1. The fourth-order valence-electron chi connectivity index (χ4n) is 3.09. The summed E-state index contributed by atoms with van der Waals surface area (Å²) in [4.78, 5) is 26.0. The van der Waals surface area contributed by atoms with E-state index in [-0.39, 0.29) is 11.7 Å². The third-order valence-corrected chi connectivity index (χ3v) is 5.27. The lowest BCUT2D eigenvalue weighted by Crippen LogP contribution is -2.18. The Hall–Kier alpha value is -3.12. The monoisotopic (exact) mass is 451 g/mol. The van der Waals surface area contributed by atoms with E-state index >= 15 is 0 Å². The highest BCUT2D eigenvalue weighted by atomic mass is 79.9. The summed E-state index contributed by atoms with van der Waals surface area (Å²) in [5, 5.41) is 2.86. The molecule has 29 heavy (non-hydrogen) atoms. The summed E-state index contributed by atoms with van der Waals surface area (Å²) in [5.74, 6) is 0.616. The van der Waals surface area contributed by atoms with Gasteiger partial charge in [-0.2, -0.15) is 0 Å². The number of fused-ring (bicyclic) bond motifs is 1. The van der Waals surface area contributed by atoms with Crippen molar-refractivity contribution in [2.45, 2.75) is 6.92 Å². The van der Waals surface area contributed by atoms with E-state index in [1.54, 1.807) is 48.5 Å². The van der Waals surface area contributed by atoms with Gasteiger partial charge in [0.1, 0.15) is 13.2 Å². The molecule has 0 radical (unpaired) electrons. The maximum absolute atomic E-state index is 13.0. The lowest BCUT2D eigenvalue weighted by Gasteiger charge is -2.20. The first-order chi connectivity index (χ1) is 14.0. The zero-order valence-corrected chi connectivity index (χ0v) is 17.3. The summed E-state index contributed by atoms with van der Waals surface area (Å²) < 4.78 is 11.8. The molecular formula is C23H18BrNO4. The van der Waals surface area contributed by atoms with Gasteiger partial charge in [-0.15, -0.1) is 0 Å². The van der Waals surface area contributed by atoms with Crippen LogP contribution in [0.5, 0.6) is 11.5 Å². The van der Waals surface area contributed by atoms with Gasteiger partial charge < -0.3 is 14.8 Å². The molecule has 1 aliphatic rings. The summed E-state index contributed by atoms with van der Waals surface area (Å²) >= 11 is 3.45. The van der Waals surface area contributed by atoms with Crippen LogP contribution >= 0.6 is 15.9 Å². The number of ether oxygens (including phenoxy) is 2. The first-order valence-electron chi connectivity index (χ1n) is 9.14.